The van der Waals surface area contributed by atoms with Crippen molar-refractivity contribution in [3.8, 4) is 5.75 Å². The van der Waals surface area contributed by atoms with E-state index in [4.69, 9.17) is 4.74 Å². The number of rotatable bonds is 2. The highest BCUT2D eigenvalue weighted by molar-refractivity contribution is 5.77. The van der Waals surface area contributed by atoms with E-state index in [0.29, 0.717) is 0 Å². The summed E-state index contributed by atoms with van der Waals surface area (Å²) in [5, 5.41) is 3.33. The van der Waals surface area contributed by atoms with Crippen molar-refractivity contribution in [3.05, 3.63) is 24.4 Å². The van der Waals surface area contributed by atoms with Gasteiger partial charge in [0.2, 0.25) is 0 Å². The van der Waals surface area contributed by atoms with Gasteiger partial charge in [-0.15, -0.1) is 0 Å². The van der Waals surface area contributed by atoms with Crippen LogP contribution in [0.15, 0.2) is 24.4 Å². The van der Waals surface area contributed by atoms with Crippen molar-refractivity contribution in [3.63, 3.8) is 0 Å². The minimum absolute atomic E-state index is 0.812. The van der Waals surface area contributed by atoms with Gasteiger partial charge in [0.25, 0.3) is 0 Å². The zero-order valence-electron chi connectivity index (χ0n) is 10.4. The number of nitrogens with zero attached hydrogens (tertiary/aromatic N) is 3. The van der Waals surface area contributed by atoms with Crippen molar-refractivity contribution in [2.45, 2.75) is 0 Å². The summed E-state index contributed by atoms with van der Waals surface area (Å²) in [6.07, 6.45) is 1.84. The molecule has 3 rings (SSSR count). The summed E-state index contributed by atoms with van der Waals surface area (Å²) in [6.45, 7) is 3.97. The maximum atomic E-state index is 5.18. The molecule has 94 valence electrons. The van der Waals surface area contributed by atoms with E-state index in [1.165, 1.54) is 0 Å². The maximum absolute atomic E-state index is 5.18. The van der Waals surface area contributed by atoms with Crippen LogP contribution >= 0.6 is 0 Å². The lowest BCUT2D eigenvalue weighted by Crippen LogP contribution is -2.43. The number of aromatic nitrogens is 2. The highest BCUT2D eigenvalue weighted by atomic mass is 16.5. The Morgan fingerprint density at radius 2 is 2.06 bits per heavy atom. The first-order valence-corrected chi connectivity index (χ1v) is 6.13. The lowest BCUT2D eigenvalue weighted by Gasteiger charge is -2.28. The molecule has 18 heavy (non-hydrogen) atoms. The lowest BCUT2D eigenvalue weighted by molar-refractivity contribution is 0.415. The number of piperazine rings is 1. The number of fused-ring (bicyclic) bond motifs is 1. The Kier molecular flexibility index (Phi) is 2.98. The Hall–Kier alpha value is -1.88. The summed E-state index contributed by atoms with van der Waals surface area (Å²) in [5.41, 5.74) is 1.78. The van der Waals surface area contributed by atoms with E-state index in [2.05, 4.69) is 20.2 Å². The standard InChI is InChI=1S/C13H16N4O/c1-18-10-2-3-11-12(8-10)15-9-13(16-11)17-6-4-14-5-7-17/h2-3,8-9,14H,4-7H2,1H3. The van der Waals surface area contributed by atoms with Crippen molar-refractivity contribution < 1.29 is 4.74 Å². The third-order valence-corrected chi connectivity index (χ3v) is 3.18. The van der Waals surface area contributed by atoms with Crippen molar-refractivity contribution in [1.29, 1.82) is 0 Å². The van der Waals surface area contributed by atoms with E-state index in [0.717, 1.165) is 48.8 Å². The number of hydrogen-bond donors (Lipinski definition) is 1. The van der Waals surface area contributed by atoms with Crippen LogP contribution in [0.5, 0.6) is 5.75 Å². The molecule has 1 saturated heterocycles. The quantitative estimate of drug-likeness (QED) is 0.855. The molecule has 2 heterocycles. The molecule has 0 spiro atoms. The molecule has 0 aliphatic carbocycles. The molecule has 0 amide bonds. The summed E-state index contributed by atoms with van der Waals surface area (Å²) in [5.74, 6) is 1.76. The van der Waals surface area contributed by atoms with Gasteiger partial charge in [-0.1, -0.05) is 0 Å². The van der Waals surface area contributed by atoms with Gasteiger partial charge in [0.1, 0.15) is 11.6 Å². The fourth-order valence-corrected chi connectivity index (χ4v) is 2.15. The highest BCUT2D eigenvalue weighted by Crippen LogP contribution is 2.20. The van der Waals surface area contributed by atoms with E-state index in [1.807, 2.05) is 24.4 Å². The van der Waals surface area contributed by atoms with E-state index < -0.39 is 0 Å². The van der Waals surface area contributed by atoms with Gasteiger partial charge in [0, 0.05) is 32.2 Å². The molecular weight excluding hydrogens is 228 g/mol. The second-order valence-electron chi connectivity index (χ2n) is 4.32. The topological polar surface area (TPSA) is 50.3 Å². The normalized spacial score (nSPS) is 15.9. The third-order valence-electron chi connectivity index (χ3n) is 3.18. The molecule has 0 unspecified atom stereocenters. The van der Waals surface area contributed by atoms with Crippen LogP contribution in [-0.4, -0.2) is 43.3 Å². The summed E-state index contributed by atoms with van der Waals surface area (Å²) in [6, 6.07) is 5.77. The van der Waals surface area contributed by atoms with E-state index in [1.54, 1.807) is 7.11 Å². The molecule has 5 heteroatoms. The van der Waals surface area contributed by atoms with E-state index in [-0.39, 0.29) is 0 Å². The van der Waals surface area contributed by atoms with Gasteiger partial charge in [-0.2, -0.15) is 0 Å². The van der Waals surface area contributed by atoms with Crippen LogP contribution in [0.25, 0.3) is 11.0 Å². The smallest absolute Gasteiger partial charge is 0.147 e. The fourth-order valence-electron chi connectivity index (χ4n) is 2.15. The molecule has 5 nitrogen and oxygen atoms in total. The summed E-state index contributed by atoms with van der Waals surface area (Å²) in [4.78, 5) is 11.4. The van der Waals surface area contributed by atoms with Gasteiger partial charge in [0.15, 0.2) is 0 Å². The molecule has 1 aliphatic rings. The fraction of sp³-hybridized carbons (Fsp3) is 0.385. The summed E-state index contributed by atoms with van der Waals surface area (Å²) in [7, 11) is 1.66. The molecule has 1 aromatic heterocycles. The summed E-state index contributed by atoms with van der Waals surface area (Å²) >= 11 is 0. The predicted molar refractivity (Wildman–Crippen MR) is 71.2 cm³/mol. The van der Waals surface area contributed by atoms with Crippen LogP contribution in [0, 0.1) is 0 Å². The molecule has 0 saturated carbocycles. The van der Waals surface area contributed by atoms with Crippen LogP contribution in [0.3, 0.4) is 0 Å². The molecule has 1 aliphatic heterocycles. The average Bonchev–Trinajstić information content (AvgIpc) is 2.47. The van der Waals surface area contributed by atoms with Gasteiger partial charge in [0.05, 0.1) is 24.3 Å². The van der Waals surface area contributed by atoms with Crippen LogP contribution in [0.2, 0.25) is 0 Å². The zero-order valence-corrected chi connectivity index (χ0v) is 10.4. The Labute approximate surface area is 106 Å². The maximum Gasteiger partial charge on any atom is 0.147 e. The number of nitrogens with one attached hydrogen (secondary N) is 1. The van der Waals surface area contributed by atoms with Crippen LogP contribution in [-0.2, 0) is 0 Å². The number of benzene rings is 1. The number of methoxy groups -OCH3 is 1. The zero-order chi connectivity index (χ0) is 12.4. The molecular formula is C13H16N4O. The Balaban J connectivity index is 1.95. The second kappa shape index (κ2) is 4.78. The predicted octanol–water partition coefficient (Wildman–Crippen LogP) is 1.05. The van der Waals surface area contributed by atoms with Gasteiger partial charge in [-0.25, -0.2) is 4.98 Å². The van der Waals surface area contributed by atoms with Crippen molar-refractivity contribution in [1.82, 2.24) is 15.3 Å². The van der Waals surface area contributed by atoms with Gasteiger partial charge in [-0.3, -0.25) is 4.98 Å². The SMILES string of the molecule is COc1ccc2nc(N3CCNCC3)cnc2c1. The molecule has 1 N–H and O–H groups in total. The van der Waals surface area contributed by atoms with Crippen molar-refractivity contribution >= 4 is 16.9 Å². The van der Waals surface area contributed by atoms with E-state index in [9.17, 15) is 0 Å². The van der Waals surface area contributed by atoms with Gasteiger partial charge in [-0.05, 0) is 12.1 Å². The van der Waals surface area contributed by atoms with E-state index >= 15 is 0 Å². The van der Waals surface area contributed by atoms with Gasteiger partial charge >= 0.3 is 0 Å². The molecule has 0 atom stereocenters. The van der Waals surface area contributed by atoms with Crippen LogP contribution in [0.1, 0.15) is 0 Å². The second-order valence-corrected chi connectivity index (χ2v) is 4.32. The Morgan fingerprint density at radius 3 is 2.83 bits per heavy atom. The summed E-state index contributed by atoms with van der Waals surface area (Å²) < 4.78 is 5.18. The molecule has 2 aromatic rings. The molecule has 0 radical (unpaired) electrons. The number of anilines is 1. The van der Waals surface area contributed by atoms with Crippen LogP contribution < -0.4 is 15.0 Å². The lowest BCUT2D eigenvalue weighted by atomic mass is 10.3. The highest BCUT2D eigenvalue weighted by Gasteiger charge is 2.12. The minimum atomic E-state index is 0.812. The largest absolute Gasteiger partial charge is 0.497 e. The first kappa shape index (κ1) is 11.2. The monoisotopic (exact) mass is 244 g/mol. The molecule has 1 fully saturated rings. The van der Waals surface area contributed by atoms with Crippen LogP contribution in [0.4, 0.5) is 5.82 Å². The first-order valence-electron chi connectivity index (χ1n) is 6.13. The van der Waals surface area contributed by atoms with Gasteiger partial charge < -0.3 is 15.0 Å². The molecule has 0 bridgehead atoms. The Morgan fingerprint density at radius 1 is 1.22 bits per heavy atom. The third kappa shape index (κ3) is 2.09. The first-order chi connectivity index (χ1) is 8.86. The minimum Gasteiger partial charge on any atom is -0.497 e. The molecule has 1 aromatic carbocycles. The Bertz CT molecular complexity index is 552. The van der Waals surface area contributed by atoms with Crippen molar-refractivity contribution in [2.75, 3.05) is 38.2 Å². The number of ether oxygens (including phenoxy) is 1. The van der Waals surface area contributed by atoms with Crippen molar-refractivity contribution in [2.24, 2.45) is 0 Å². The number of hydrogen-bond acceptors (Lipinski definition) is 5. The average molecular weight is 244 g/mol.